The molecule has 0 amide bonds. The summed E-state index contributed by atoms with van der Waals surface area (Å²) in [6.07, 6.45) is 3.44. The Morgan fingerprint density at radius 3 is 2.36 bits per heavy atom. The normalized spacial score (nSPS) is 10.7. The molecule has 0 spiro atoms. The maximum absolute atomic E-state index is 5.39. The number of methoxy groups -OCH3 is 3. The first kappa shape index (κ1) is 17.6. The fourth-order valence-corrected chi connectivity index (χ4v) is 2.97. The van der Waals surface area contributed by atoms with Crippen LogP contribution in [0.1, 0.15) is 0 Å². The van der Waals surface area contributed by atoms with Gasteiger partial charge in [-0.3, -0.25) is 4.57 Å². The molecule has 4 aromatic rings. The summed E-state index contributed by atoms with van der Waals surface area (Å²) in [5.41, 5.74) is 2.59. The fourth-order valence-electron chi connectivity index (χ4n) is 2.97. The highest BCUT2D eigenvalue weighted by Gasteiger charge is 2.14. The zero-order valence-corrected chi connectivity index (χ0v) is 15.7. The first-order chi connectivity index (χ1) is 13.7. The van der Waals surface area contributed by atoms with E-state index in [1.165, 1.54) is 0 Å². The molecule has 0 bridgehead atoms. The van der Waals surface area contributed by atoms with E-state index in [1.54, 1.807) is 46.0 Å². The van der Waals surface area contributed by atoms with Crippen molar-refractivity contribution in [3.05, 3.63) is 55.0 Å². The van der Waals surface area contributed by atoms with Gasteiger partial charge in [-0.25, -0.2) is 9.97 Å². The van der Waals surface area contributed by atoms with Gasteiger partial charge in [0.25, 0.3) is 0 Å². The van der Waals surface area contributed by atoms with Crippen molar-refractivity contribution < 1.29 is 14.2 Å². The summed E-state index contributed by atoms with van der Waals surface area (Å²) in [5.74, 6) is 2.75. The number of ether oxygens (including phenoxy) is 3. The Morgan fingerprint density at radius 2 is 1.64 bits per heavy atom. The molecule has 0 fully saturated rings. The van der Waals surface area contributed by atoms with Crippen molar-refractivity contribution in [2.45, 2.75) is 0 Å². The fraction of sp³-hybridized carbons (Fsp3) is 0.150. The van der Waals surface area contributed by atoms with Crippen LogP contribution in [0, 0.1) is 0 Å². The molecule has 0 aliphatic carbocycles. The van der Waals surface area contributed by atoms with Crippen LogP contribution in [0.4, 0.5) is 11.6 Å². The molecule has 4 rings (SSSR count). The summed E-state index contributed by atoms with van der Waals surface area (Å²) in [4.78, 5) is 13.3. The van der Waals surface area contributed by atoms with Gasteiger partial charge in [-0.15, -0.1) is 0 Å². The molecule has 0 unspecified atom stereocenters. The van der Waals surface area contributed by atoms with Crippen molar-refractivity contribution in [2.24, 2.45) is 0 Å². The number of aromatic nitrogens is 4. The Balaban J connectivity index is 1.69. The second kappa shape index (κ2) is 7.43. The Hall–Kier alpha value is -3.81. The van der Waals surface area contributed by atoms with Gasteiger partial charge in [0, 0.05) is 24.0 Å². The monoisotopic (exact) mass is 377 g/mol. The number of hydrogen-bond donors (Lipinski definition) is 1. The Morgan fingerprint density at radius 1 is 0.893 bits per heavy atom. The standard InChI is InChI=1S/C20H19N5O3/c1-26-16-10-13(11-17(27-2)19(16)28-3)23-20-21-9-8-18(24-20)25-12-22-14-6-4-5-7-15(14)25/h4-12H,1-3H3,(H,21,23,24). The predicted octanol–water partition coefficient (Wildman–Crippen LogP) is 3.58. The number of hydrogen-bond acceptors (Lipinski definition) is 7. The molecule has 2 aromatic carbocycles. The third-order valence-corrected chi connectivity index (χ3v) is 4.26. The third kappa shape index (κ3) is 3.16. The lowest BCUT2D eigenvalue weighted by Crippen LogP contribution is -2.03. The van der Waals surface area contributed by atoms with Crippen molar-refractivity contribution in [1.82, 2.24) is 19.5 Å². The maximum atomic E-state index is 5.39. The smallest absolute Gasteiger partial charge is 0.229 e. The molecule has 8 nitrogen and oxygen atoms in total. The van der Waals surface area contributed by atoms with Crippen LogP contribution >= 0.6 is 0 Å². The van der Waals surface area contributed by atoms with Gasteiger partial charge in [-0.1, -0.05) is 12.1 Å². The Bertz CT molecular complexity index is 1100. The van der Waals surface area contributed by atoms with Crippen LogP contribution < -0.4 is 19.5 Å². The van der Waals surface area contributed by atoms with E-state index >= 15 is 0 Å². The number of nitrogens with zero attached hydrogens (tertiary/aromatic N) is 4. The number of nitrogens with one attached hydrogen (secondary N) is 1. The first-order valence-electron chi connectivity index (χ1n) is 8.56. The van der Waals surface area contributed by atoms with E-state index in [0.717, 1.165) is 11.0 Å². The SMILES string of the molecule is COc1cc(Nc2nccc(-n3cnc4ccccc43)n2)cc(OC)c1OC. The summed E-state index contributed by atoms with van der Waals surface area (Å²) in [6, 6.07) is 13.3. The summed E-state index contributed by atoms with van der Waals surface area (Å²) < 4.78 is 18.0. The van der Waals surface area contributed by atoms with Crippen LogP contribution in [-0.4, -0.2) is 40.8 Å². The summed E-state index contributed by atoms with van der Waals surface area (Å²) in [7, 11) is 4.71. The molecule has 0 radical (unpaired) electrons. The number of rotatable bonds is 6. The average molecular weight is 377 g/mol. The Labute approximate surface area is 161 Å². The minimum atomic E-state index is 0.435. The molecule has 2 aromatic heterocycles. The topological polar surface area (TPSA) is 83.3 Å². The van der Waals surface area contributed by atoms with Gasteiger partial charge < -0.3 is 19.5 Å². The van der Waals surface area contributed by atoms with E-state index in [4.69, 9.17) is 14.2 Å². The zero-order chi connectivity index (χ0) is 19.5. The highest BCUT2D eigenvalue weighted by atomic mass is 16.5. The number of benzene rings is 2. The van der Waals surface area contributed by atoms with Crippen LogP contribution in [-0.2, 0) is 0 Å². The van der Waals surface area contributed by atoms with Crippen LogP contribution in [0.2, 0.25) is 0 Å². The van der Waals surface area contributed by atoms with E-state index in [1.807, 2.05) is 34.9 Å². The molecule has 0 saturated heterocycles. The number of fused-ring (bicyclic) bond motifs is 1. The van der Waals surface area contributed by atoms with E-state index in [-0.39, 0.29) is 0 Å². The molecular weight excluding hydrogens is 358 g/mol. The quantitative estimate of drug-likeness (QED) is 0.550. The predicted molar refractivity (Wildman–Crippen MR) is 106 cm³/mol. The van der Waals surface area contributed by atoms with Crippen molar-refractivity contribution in [3.8, 4) is 23.1 Å². The van der Waals surface area contributed by atoms with E-state index in [0.29, 0.717) is 34.7 Å². The molecule has 28 heavy (non-hydrogen) atoms. The molecule has 0 saturated carbocycles. The highest BCUT2D eigenvalue weighted by Crippen LogP contribution is 2.40. The average Bonchev–Trinajstić information content (AvgIpc) is 3.17. The van der Waals surface area contributed by atoms with Crippen molar-refractivity contribution in [3.63, 3.8) is 0 Å². The van der Waals surface area contributed by atoms with Crippen molar-refractivity contribution in [1.29, 1.82) is 0 Å². The second-order valence-corrected chi connectivity index (χ2v) is 5.88. The van der Waals surface area contributed by atoms with E-state index in [9.17, 15) is 0 Å². The lowest BCUT2D eigenvalue weighted by Gasteiger charge is -2.14. The highest BCUT2D eigenvalue weighted by molar-refractivity contribution is 5.76. The number of imidazole rings is 1. The lowest BCUT2D eigenvalue weighted by atomic mass is 10.2. The third-order valence-electron chi connectivity index (χ3n) is 4.26. The van der Waals surface area contributed by atoms with Gasteiger partial charge in [0.1, 0.15) is 12.1 Å². The van der Waals surface area contributed by atoms with Gasteiger partial charge in [0.2, 0.25) is 11.7 Å². The van der Waals surface area contributed by atoms with Crippen LogP contribution in [0.5, 0.6) is 17.2 Å². The summed E-state index contributed by atoms with van der Waals surface area (Å²) >= 11 is 0. The van der Waals surface area contributed by atoms with Gasteiger partial charge >= 0.3 is 0 Å². The second-order valence-electron chi connectivity index (χ2n) is 5.88. The first-order valence-corrected chi connectivity index (χ1v) is 8.56. The zero-order valence-electron chi connectivity index (χ0n) is 15.7. The van der Waals surface area contributed by atoms with E-state index < -0.39 is 0 Å². The van der Waals surface area contributed by atoms with Crippen molar-refractivity contribution in [2.75, 3.05) is 26.6 Å². The van der Waals surface area contributed by atoms with Crippen LogP contribution in [0.25, 0.3) is 16.9 Å². The molecule has 0 atom stereocenters. The largest absolute Gasteiger partial charge is 0.493 e. The van der Waals surface area contributed by atoms with Crippen molar-refractivity contribution >= 4 is 22.7 Å². The summed E-state index contributed by atoms with van der Waals surface area (Å²) in [5, 5.41) is 3.18. The van der Waals surface area contributed by atoms with Gasteiger partial charge in [-0.05, 0) is 18.2 Å². The van der Waals surface area contributed by atoms with Crippen LogP contribution in [0.15, 0.2) is 55.0 Å². The van der Waals surface area contributed by atoms with E-state index in [2.05, 4.69) is 20.3 Å². The molecule has 1 N–H and O–H groups in total. The molecule has 8 heteroatoms. The Kier molecular flexibility index (Phi) is 4.67. The lowest BCUT2D eigenvalue weighted by molar-refractivity contribution is 0.324. The maximum Gasteiger partial charge on any atom is 0.229 e. The minimum absolute atomic E-state index is 0.435. The van der Waals surface area contributed by atoms with Crippen LogP contribution in [0.3, 0.4) is 0 Å². The molecular formula is C20H19N5O3. The summed E-state index contributed by atoms with van der Waals surface area (Å²) in [6.45, 7) is 0. The van der Waals surface area contributed by atoms with Gasteiger partial charge in [0.15, 0.2) is 11.5 Å². The molecule has 0 aliphatic heterocycles. The number of anilines is 2. The number of para-hydroxylation sites is 2. The van der Waals surface area contributed by atoms with Gasteiger partial charge in [0.05, 0.1) is 32.4 Å². The van der Waals surface area contributed by atoms with Gasteiger partial charge in [-0.2, -0.15) is 4.98 Å². The molecule has 142 valence electrons. The molecule has 0 aliphatic rings. The molecule has 2 heterocycles. The minimum Gasteiger partial charge on any atom is -0.493 e.